The van der Waals surface area contributed by atoms with Crippen molar-refractivity contribution in [3.63, 3.8) is 0 Å². The lowest BCUT2D eigenvalue weighted by molar-refractivity contribution is 0.561. The van der Waals surface area contributed by atoms with E-state index in [1.54, 1.807) is 24.4 Å². The number of aromatic nitrogens is 3. The van der Waals surface area contributed by atoms with Gasteiger partial charge in [0, 0.05) is 11.8 Å². The molecule has 4 nitrogen and oxygen atoms in total. The van der Waals surface area contributed by atoms with Crippen LogP contribution in [-0.2, 0) is 6.54 Å². The van der Waals surface area contributed by atoms with Crippen molar-refractivity contribution in [2.75, 3.05) is 0 Å². The molecule has 0 amide bonds. The van der Waals surface area contributed by atoms with Crippen LogP contribution in [0.3, 0.4) is 0 Å². The molecule has 0 spiro atoms. The van der Waals surface area contributed by atoms with Gasteiger partial charge in [-0.15, -0.1) is 5.10 Å². The molecule has 96 valence electrons. The molecule has 19 heavy (non-hydrogen) atoms. The maximum atomic E-state index is 13.5. The van der Waals surface area contributed by atoms with Crippen molar-refractivity contribution in [2.45, 2.75) is 6.54 Å². The molecular weight excluding hydrogens is 252 g/mol. The minimum Gasteiger partial charge on any atom is -0.250 e. The van der Waals surface area contributed by atoms with E-state index in [-0.39, 0.29) is 17.8 Å². The third-order valence-corrected chi connectivity index (χ3v) is 2.82. The highest BCUT2D eigenvalue weighted by Crippen LogP contribution is 2.10. The van der Waals surface area contributed by atoms with Crippen LogP contribution in [0.5, 0.6) is 0 Å². The summed E-state index contributed by atoms with van der Waals surface area (Å²) >= 11 is 0. The average molecular weight is 261 g/mol. The summed E-state index contributed by atoms with van der Waals surface area (Å²) in [6.45, 7) is -0.107. The van der Waals surface area contributed by atoms with Crippen molar-refractivity contribution in [3.8, 4) is 0 Å². The third-order valence-electron chi connectivity index (χ3n) is 2.82. The predicted molar refractivity (Wildman–Crippen MR) is 64.9 cm³/mol. The van der Waals surface area contributed by atoms with Crippen LogP contribution in [0.2, 0.25) is 0 Å². The summed E-state index contributed by atoms with van der Waals surface area (Å²) in [5, 5.41) is 4.06. The minimum atomic E-state index is -0.564. The van der Waals surface area contributed by atoms with Gasteiger partial charge in [0.25, 0.3) is 0 Å². The smallest absolute Gasteiger partial charge is 0.250 e. The van der Waals surface area contributed by atoms with Gasteiger partial charge in [-0.1, -0.05) is 6.07 Å². The Balaban J connectivity index is 2.08. The van der Waals surface area contributed by atoms with E-state index < -0.39 is 11.6 Å². The van der Waals surface area contributed by atoms with Crippen LogP contribution in [0.25, 0.3) is 5.65 Å². The van der Waals surface area contributed by atoms with Gasteiger partial charge in [0.15, 0.2) is 5.65 Å². The topological polar surface area (TPSA) is 39.3 Å². The molecule has 0 saturated heterocycles. The van der Waals surface area contributed by atoms with E-state index in [1.807, 2.05) is 0 Å². The number of nitrogens with zero attached hydrogens (tertiary/aromatic N) is 3. The Kier molecular flexibility index (Phi) is 2.63. The second-order valence-corrected chi connectivity index (χ2v) is 4.10. The first-order chi connectivity index (χ1) is 9.15. The lowest BCUT2D eigenvalue weighted by atomic mass is 10.2. The fourth-order valence-electron chi connectivity index (χ4n) is 1.90. The maximum Gasteiger partial charge on any atom is 0.350 e. The van der Waals surface area contributed by atoms with E-state index in [4.69, 9.17) is 0 Å². The van der Waals surface area contributed by atoms with E-state index in [0.29, 0.717) is 5.65 Å². The van der Waals surface area contributed by atoms with Gasteiger partial charge in [0.05, 0.1) is 6.54 Å². The SMILES string of the molecule is O=c1n(Cc2cc(F)ccc2F)nc2ccccn12. The Morgan fingerprint density at radius 2 is 2.00 bits per heavy atom. The molecular formula is C13H9F2N3O. The highest BCUT2D eigenvalue weighted by Gasteiger charge is 2.10. The fourth-order valence-corrected chi connectivity index (χ4v) is 1.90. The summed E-state index contributed by atoms with van der Waals surface area (Å²) in [7, 11) is 0. The lowest BCUT2D eigenvalue weighted by Gasteiger charge is -2.02. The van der Waals surface area contributed by atoms with E-state index in [0.717, 1.165) is 22.9 Å². The second-order valence-electron chi connectivity index (χ2n) is 4.10. The molecule has 1 aromatic carbocycles. The quantitative estimate of drug-likeness (QED) is 0.706. The number of benzene rings is 1. The first kappa shape index (κ1) is 11.6. The van der Waals surface area contributed by atoms with Crippen molar-refractivity contribution < 1.29 is 8.78 Å². The number of pyridine rings is 1. The summed E-state index contributed by atoms with van der Waals surface area (Å²) in [5.41, 5.74) is 0.161. The molecule has 0 saturated carbocycles. The van der Waals surface area contributed by atoms with Gasteiger partial charge in [-0.05, 0) is 30.3 Å². The summed E-state index contributed by atoms with van der Waals surface area (Å²) in [6, 6.07) is 8.24. The Bertz CT molecular complexity index is 807. The molecule has 0 aliphatic carbocycles. The van der Waals surface area contributed by atoms with Gasteiger partial charge in [-0.2, -0.15) is 0 Å². The predicted octanol–water partition coefficient (Wildman–Crippen LogP) is 1.82. The number of rotatable bonds is 2. The van der Waals surface area contributed by atoms with Crippen LogP contribution in [-0.4, -0.2) is 14.2 Å². The summed E-state index contributed by atoms with van der Waals surface area (Å²) in [6.07, 6.45) is 1.57. The van der Waals surface area contributed by atoms with Crippen LogP contribution >= 0.6 is 0 Å². The summed E-state index contributed by atoms with van der Waals surface area (Å²) in [5.74, 6) is -1.11. The second kappa shape index (κ2) is 4.31. The van der Waals surface area contributed by atoms with Crippen molar-refractivity contribution >= 4 is 5.65 Å². The van der Waals surface area contributed by atoms with Crippen LogP contribution in [0.4, 0.5) is 8.78 Å². The van der Waals surface area contributed by atoms with Crippen LogP contribution in [0.1, 0.15) is 5.56 Å². The van der Waals surface area contributed by atoms with E-state index in [1.165, 1.54) is 4.40 Å². The third kappa shape index (κ3) is 2.01. The Labute approximate surface area is 106 Å². The zero-order chi connectivity index (χ0) is 13.4. The monoisotopic (exact) mass is 261 g/mol. The molecule has 0 atom stereocenters. The van der Waals surface area contributed by atoms with Crippen molar-refractivity contribution in [2.24, 2.45) is 0 Å². The van der Waals surface area contributed by atoms with Crippen LogP contribution in [0, 0.1) is 11.6 Å². The molecule has 2 heterocycles. The zero-order valence-corrected chi connectivity index (χ0v) is 9.75. The van der Waals surface area contributed by atoms with E-state index in [2.05, 4.69) is 5.10 Å². The molecule has 0 aliphatic rings. The highest BCUT2D eigenvalue weighted by molar-refractivity contribution is 5.35. The maximum absolute atomic E-state index is 13.5. The van der Waals surface area contributed by atoms with Gasteiger partial charge in [0.1, 0.15) is 11.6 Å². The first-order valence-electron chi connectivity index (χ1n) is 5.63. The van der Waals surface area contributed by atoms with Gasteiger partial charge >= 0.3 is 5.69 Å². The molecule has 0 bridgehead atoms. The largest absolute Gasteiger partial charge is 0.350 e. The highest BCUT2D eigenvalue weighted by atomic mass is 19.1. The number of hydrogen-bond acceptors (Lipinski definition) is 2. The van der Waals surface area contributed by atoms with Crippen LogP contribution < -0.4 is 5.69 Å². The molecule has 0 fully saturated rings. The first-order valence-corrected chi connectivity index (χ1v) is 5.63. The standard InChI is InChI=1S/C13H9F2N3O/c14-10-4-5-11(15)9(7-10)8-18-13(19)17-6-2-1-3-12(17)16-18/h1-7H,8H2. The molecule has 6 heteroatoms. The van der Waals surface area contributed by atoms with E-state index in [9.17, 15) is 13.6 Å². The Hall–Kier alpha value is -2.50. The summed E-state index contributed by atoms with van der Waals surface area (Å²) < 4.78 is 29.0. The summed E-state index contributed by atoms with van der Waals surface area (Å²) in [4.78, 5) is 12.0. The number of halogens is 2. The normalized spacial score (nSPS) is 11.1. The number of hydrogen-bond donors (Lipinski definition) is 0. The van der Waals surface area contributed by atoms with Crippen molar-refractivity contribution in [1.82, 2.24) is 14.2 Å². The van der Waals surface area contributed by atoms with Crippen molar-refractivity contribution in [3.05, 3.63) is 70.3 Å². The minimum absolute atomic E-state index is 0.0884. The number of fused-ring (bicyclic) bond motifs is 1. The van der Waals surface area contributed by atoms with Crippen molar-refractivity contribution in [1.29, 1.82) is 0 Å². The molecule has 0 unspecified atom stereocenters. The van der Waals surface area contributed by atoms with Gasteiger partial charge in [0.2, 0.25) is 0 Å². The van der Waals surface area contributed by atoms with Crippen LogP contribution in [0.15, 0.2) is 47.4 Å². The van der Waals surface area contributed by atoms with E-state index >= 15 is 0 Å². The van der Waals surface area contributed by atoms with Gasteiger partial charge < -0.3 is 0 Å². The average Bonchev–Trinajstić information content (AvgIpc) is 2.72. The fraction of sp³-hybridized carbons (Fsp3) is 0.0769. The van der Waals surface area contributed by atoms with Gasteiger partial charge in [-0.3, -0.25) is 4.40 Å². The lowest BCUT2D eigenvalue weighted by Crippen LogP contribution is -2.22. The molecule has 3 rings (SSSR count). The Morgan fingerprint density at radius 1 is 1.16 bits per heavy atom. The Morgan fingerprint density at radius 3 is 2.79 bits per heavy atom. The zero-order valence-electron chi connectivity index (χ0n) is 9.75. The molecule has 2 aromatic heterocycles. The molecule has 0 radical (unpaired) electrons. The van der Waals surface area contributed by atoms with Gasteiger partial charge in [-0.25, -0.2) is 18.3 Å². The molecule has 0 N–H and O–H groups in total. The molecule has 0 aliphatic heterocycles. The molecule has 3 aromatic rings.